The molecule has 1 saturated heterocycles. The molecule has 1 fully saturated rings. The molecule has 1 aliphatic rings. The molecule has 124 valence electrons. The summed E-state index contributed by atoms with van der Waals surface area (Å²) in [6.07, 6.45) is 5.49. The van der Waals surface area contributed by atoms with Crippen molar-refractivity contribution < 1.29 is 4.92 Å². The van der Waals surface area contributed by atoms with Crippen molar-refractivity contribution in [3.63, 3.8) is 0 Å². The van der Waals surface area contributed by atoms with Crippen molar-refractivity contribution in [1.29, 1.82) is 0 Å². The number of hydrazone groups is 1. The number of nitrogens with one attached hydrogen (secondary N) is 1. The van der Waals surface area contributed by atoms with Crippen molar-refractivity contribution in [1.82, 2.24) is 0 Å². The summed E-state index contributed by atoms with van der Waals surface area (Å²) in [5, 5.41) is 15.1. The highest BCUT2D eigenvalue weighted by atomic mass is 16.6. The highest BCUT2D eigenvalue weighted by Crippen LogP contribution is 2.23. The van der Waals surface area contributed by atoms with Crippen molar-refractivity contribution in [2.24, 2.45) is 5.10 Å². The SMILES string of the molecule is O=[N+]([O-])c1ccccc1N/N=C\c1ccc(N2CCCCC2)cc1. The Kier molecular flexibility index (Phi) is 5.05. The van der Waals surface area contributed by atoms with Crippen molar-refractivity contribution >= 4 is 23.3 Å². The Morgan fingerprint density at radius 3 is 2.46 bits per heavy atom. The van der Waals surface area contributed by atoms with Gasteiger partial charge in [-0.1, -0.05) is 24.3 Å². The molecule has 2 aromatic carbocycles. The summed E-state index contributed by atoms with van der Waals surface area (Å²) in [4.78, 5) is 12.9. The van der Waals surface area contributed by atoms with E-state index in [1.807, 2.05) is 12.1 Å². The molecule has 1 aliphatic heterocycles. The van der Waals surface area contributed by atoms with Gasteiger partial charge >= 0.3 is 0 Å². The predicted octanol–water partition coefficient (Wildman–Crippen LogP) is 4.03. The van der Waals surface area contributed by atoms with Crippen LogP contribution in [0, 0.1) is 10.1 Å². The molecule has 1 N–H and O–H groups in total. The fourth-order valence-corrected chi connectivity index (χ4v) is 2.83. The van der Waals surface area contributed by atoms with Crippen LogP contribution in [0.3, 0.4) is 0 Å². The van der Waals surface area contributed by atoms with Gasteiger partial charge in [-0.25, -0.2) is 0 Å². The minimum Gasteiger partial charge on any atom is -0.372 e. The van der Waals surface area contributed by atoms with E-state index in [2.05, 4.69) is 27.6 Å². The lowest BCUT2D eigenvalue weighted by Crippen LogP contribution is -2.29. The predicted molar refractivity (Wildman–Crippen MR) is 96.8 cm³/mol. The van der Waals surface area contributed by atoms with Gasteiger partial charge in [-0.05, 0) is 43.0 Å². The topological polar surface area (TPSA) is 70.8 Å². The summed E-state index contributed by atoms with van der Waals surface area (Å²) < 4.78 is 0. The van der Waals surface area contributed by atoms with Crippen LogP contribution in [0.15, 0.2) is 53.6 Å². The summed E-state index contributed by atoms with van der Waals surface area (Å²) in [6, 6.07) is 14.7. The molecule has 6 heteroatoms. The minimum absolute atomic E-state index is 0.00935. The minimum atomic E-state index is -0.425. The van der Waals surface area contributed by atoms with Crippen molar-refractivity contribution in [3.05, 3.63) is 64.2 Å². The summed E-state index contributed by atoms with van der Waals surface area (Å²) in [5.74, 6) is 0. The molecule has 1 heterocycles. The third-order valence-electron chi connectivity index (χ3n) is 4.11. The van der Waals surface area contributed by atoms with E-state index in [0.29, 0.717) is 5.69 Å². The van der Waals surface area contributed by atoms with E-state index in [1.54, 1.807) is 24.4 Å². The number of hydrogen-bond acceptors (Lipinski definition) is 5. The van der Waals surface area contributed by atoms with Gasteiger partial charge in [0.1, 0.15) is 5.69 Å². The smallest absolute Gasteiger partial charge is 0.294 e. The fraction of sp³-hybridized carbons (Fsp3) is 0.278. The number of nitro groups is 1. The van der Waals surface area contributed by atoms with Crippen LogP contribution >= 0.6 is 0 Å². The first-order chi connectivity index (χ1) is 11.7. The molecule has 2 aromatic rings. The first-order valence-electron chi connectivity index (χ1n) is 8.11. The molecule has 24 heavy (non-hydrogen) atoms. The maximum Gasteiger partial charge on any atom is 0.294 e. The van der Waals surface area contributed by atoms with E-state index in [-0.39, 0.29) is 5.69 Å². The first-order valence-corrected chi connectivity index (χ1v) is 8.11. The maximum atomic E-state index is 11.0. The Balaban J connectivity index is 1.64. The van der Waals surface area contributed by atoms with E-state index >= 15 is 0 Å². The molecule has 0 amide bonds. The van der Waals surface area contributed by atoms with E-state index in [4.69, 9.17) is 0 Å². The molecule has 0 atom stereocenters. The quantitative estimate of drug-likeness (QED) is 0.512. The molecule has 0 radical (unpaired) electrons. The molecule has 0 saturated carbocycles. The van der Waals surface area contributed by atoms with E-state index in [9.17, 15) is 10.1 Å². The second-order valence-corrected chi connectivity index (χ2v) is 5.78. The van der Waals surface area contributed by atoms with E-state index in [0.717, 1.165) is 18.7 Å². The van der Waals surface area contributed by atoms with Crippen LogP contribution in [0.2, 0.25) is 0 Å². The summed E-state index contributed by atoms with van der Waals surface area (Å²) in [7, 11) is 0. The number of nitrogens with zero attached hydrogens (tertiary/aromatic N) is 3. The zero-order valence-electron chi connectivity index (χ0n) is 13.4. The van der Waals surface area contributed by atoms with Crippen LogP contribution in [0.25, 0.3) is 0 Å². The van der Waals surface area contributed by atoms with Gasteiger partial charge in [0.2, 0.25) is 0 Å². The monoisotopic (exact) mass is 324 g/mol. The standard InChI is InChI=1S/C18H20N4O2/c23-22(24)18-7-3-2-6-17(18)20-19-14-15-8-10-16(11-9-15)21-12-4-1-5-13-21/h2-3,6-11,14,20H,1,4-5,12-13H2/b19-14-. The summed E-state index contributed by atoms with van der Waals surface area (Å²) >= 11 is 0. The highest BCUT2D eigenvalue weighted by Gasteiger charge is 2.11. The van der Waals surface area contributed by atoms with Crippen molar-refractivity contribution in [3.8, 4) is 0 Å². The van der Waals surface area contributed by atoms with Crippen LogP contribution < -0.4 is 10.3 Å². The molecule has 6 nitrogen and oxygen atoms in total. The van der Waals surface area contributed by atoms with E-state index in [1.165, 1.54) is 31.0 Å². The van der Waals surface area contributed by atoms with Gasteiger partial charge in [0.05, 0.1) is 11.1 Å². The second kappa shape index (κ2) is 7.59. The van der Waals surface area contributed by atoms with Gasteiger partial charge in [0.15, 0.2) is 0 Å². The lowest BCUT2D eigenvalue weighted by Gasteiger charge is -2.28. The Bertz CT molecular complexity index is 722. The number of piperidine rings is 1. The van der Waals surface area contributed by atoms with Crippen LogP contribution in [0.1, 0.15) is 24.8 Å². The lowest BCUT2D eigenvalue weighted by molar-refractivity contribution is -0.384. The summed E-state index contributed by atoms with van der Waals surface area (Å²) in [6.45, 7) is 2.24. The zero-order chi connectivity index (χ0) is 16.8. The van der Waals surface area contributed by atoms with Crippen LogP contribution in [0.5, 0.6) is 0 Å². The van der Waals surface area contributed by atoms with Crippen molar-refractivity contribution in [2.75, 3.05) is 23.4 Å². The number of nitro benzene ring substituents is 1. The lowest BCUT2D eigenvalue weighted by atomic mass is 10.1. The number of benzene rings is 2. The number of anilines is 2. The molecule has 0 bridgehead atoms. The Morgan fingerprint density at radius 2 is 1.75 bits per heavy atom. The third-order valence-corrected chi connectivity index (χ3v) is 4.11. The normalized spacial score (nSPS) is 14.8. The number of para-hydroxylation sites is 2. The van der Waals surface area contributed by atoms with Gasteiger partial charge in [-0.3, -0.25) is 15.5 Å². The Labute approximate surface area is 141 Å². The largest absolute Gasteiger partial charge is 0.372 e. The van der Waals surface area contributed by atoms with Crippen molar-refractivity contribution in [2.45, 2.75) is 19.3 Å². The van der Waals surface area contributed by atoms with Gasteiger partial charge < -0.3 is 4.90 Å². The van der Waals surface area contributed by atoms with Gasteiger partial charge in [0.25, 0.3) is 5.69 Å². The van der Waals surface area contributed by atoms with Gasteiger partial charge in [0, 0.05) is 24.8 Å². The number of hydrogen-bond donors (Lipinski definition) is 1. The molecule has 0 unspecified atom stereocenters. The zero-order valence-corrected chi connectivity index (χ0v) is 13.4. The molecular formula is C18H20N4O2. The third kappa shape index (κ3) is 3.90. The highest BCUT2D eigenvalue weighted by molar-refractivity contribution is 5.81. The van der Waals surface area contributed by atoms with Crippen LogP contribution in [-0.2, 0) is 0 Å². The second-order valence-electron chi connectivity index (χ2n) is 5.78. The Morgan fingerprint density at radius 1 is 1.04 bits per heavy atom. The molecule has 0 aromatic heterocycles. The average Bonchev–Trinajstić information content (AvgIpc) is 2.63. The molecule has 3 rings (SSSR count). The molecule has 0 aliphatic carbocycles. The van der Waals surface area contributed by atoms with Crippen LogP contribution in [-0.4, -0.2) is 24.2 Å². The number of rotatable bonds is 5. The van der Waals surface area contributed by atoms with Crippen LogP contribution in [0.4, 0.5) is 17.1 Å². The first kappa shape index (κ1) is 16.0. The maximum absolute atomic E-state index is 11.0. The Hall–Kier alpha value is -2.89. The fourth-order valence-electron chi connectivity index (χ4n) is 2.83. The summed E-state index contributed by atoms with van der Waals surface area (Å²) in [5.41, 5.74) is 5.31. The average molecular weight is 324 g/mol. The van der Waals surface area contributed by atoms with Gasteiger partial charge in [-0.15, -0.1) is 0 Å². The van der Waals surface area contributed by atoms with E-state index < -0.39 is 4.92 Å². The van der Waals surface area contributed by atoms with Gasteiger partial charge in [-0.2, -0.15) is 5.10 Å². The molecule has 0 spiro atoms. The molecular weight excluding hydrogens is 304 g/mol.